The zero-order valence-electron chi connectivity index (χ0n) is 9.39. The van der Waals surface area contributed by atoms with Gasteiger partial charge in [0.05, 0.1) is 8.49 Å². The summed E-state index contributed by atoms with van der Waals surface area (Å²) in [6, 6.07) is 2.09. The predicted octanol–water partition coefficient (Wildman–Crippen LogP) is 2.25. The highest BCUT2D eigenvalue weighted by Crippen LogP contribution is 2.31. The average molecular weight is 368 g/mol. The van der Waals surface area contributed by atoms with E-state index >= 15 is 0 Å². The third kappa shape index (κ3) is 3.28. The van der Waals surface area contributed by atoms with Crippen LogP contribution < -0.4 is 4.90 Å². The lowest BCUT2D eigenvalue weighted by Crippen LogP contribution is -2.30. The molecule has 0 spiro atoms. The molecule has 0 unspecified atom stereocenters. The van der Waals surface area contributed by atoms with Crippen molar-refractivity contribution in [2.45, 2.75) is 6.92 Å². The molecule has 0 aliphatic heterocycles. The third-order valence-corrected chi connectivity index (χ3v) is 3.09. The van der Waals surface area contributed by atoms with Crippen molar-refractivity contribution in [1.82, 2.24) is 0 Å². The number of carboxylic acid groups (broad SMARTS) is 1. The van der Waals surface area contributed by atoms with Gasteiger partial charge in [-0.15, -0.1) is 0 Å². The van der Waals surface area contributed by atoms with Crippen LogP contribution in [0.2, 0.25) is 0 Å². The van der Waals surface area contributed by atoms with Gasteiger partial charge >= 0.3 is 5.97 Å². The topological polar surface area (TPSA) is 83.7 Å². The van der Waals surface area contributed by atoms with Gasteiger partial charge in [-0.25, -0.2) is 4.39 Å². The first-order valence-corrected chi connectivity index (χ1v) is 6.04. The average Bonchev–Trinajstić information content (AvgIpc) is 2.28. The van der Waals surface area contributed by atoms with Crippen LogP contribution in [0.4, 0.5) is 15.8 Å². The summed E-state index contributed by atoms with van der Waals surface area (Å²) in [4.78, 5) is 22.1. The van der Waals surface area contributed by atoms with E-state index in [0.717, 1.165) is 12.1 Å². The number of anilines is 1. The molecule has 0 aliphatic carbocycles. The number of nitro groups is 1. The number of likely N-dealkylation sites (N-methyl/N-ethyl adjacent to an activating group) is 1. The lowest BCUT2D eigenvalue weighted by molar-refractivity contribution is -0.384. The molecule has 0 atom stereocenters. The molecule has 0 saturated heterocycles. The standard InChI is InChI=1S/C10H10FIN2O4/c1-2-13(5-10(15)16)8-3-6(11)7(12)4-9(8)14(17)18/h3-4H,2,5H2,1H3,(H,15,16). The van der Waals surface area contributed by atoms with Crippen molar-refractivity contribution < 1.29 is 19.2 Å². The summed E-state index contributed by atoms with van der Waals surface area (Å²) in [7, 11) is 0. The van der Waals surface area contributed by atoms with Gasteiger partial charge in [0.2, 0.25) is 0 Å². The van der Waals surface area contributed by atoms with Crippen molar-refractivity contribution in [3.05, 3.63) is 31.6 Å². The first kappa shape index (κ1) is 14.6. The molecule has 0 saturated carbocycles. The van der Waals surface area contributed by atoms with Gasteiger partial charge in [0.25, 0.3) is 5.69 Å². The monoisotopic (exact) mass is 368 g/mol. The normalized spacial score (nSPS) is 10.2. The maximum Gasteiger partial charge on any atom is 0.323 e. The third-order valence-electron chi connectivity index (χ3n) is 2.26. The Hall–Kier alpha value is -1.45. The smallest absolute Gasteiger partial charge is 0.323 e. The Morgan fingerprint density at radius 2 is 2.22 bits per heavy atom. The number of nitro benzene ring substituents is 1. The van der Waals surface area contributed by atoms with Crippen molar-refractivity contribution in [3.63, 3.8) is 0 Å². The van der Waals surface area contributed by atoms with Gasteiger partial charge in [-0.05, 0) is 29.5 Å². The van der Waals surface area contributed by atoms with E-state index in [9.17, 15) is 19.3 Å². The highest BCUT2D eigenvalue weighted by Gasteiger charge is 2.22. The number of nitrogens with zero attached hydrogens (tertiary/aromatic N) is 2. The first-order valence-electron chi connectivity index (χ1n) is 4.97. The molecule has 1 aromatic carbocycles. The second-order valence-electron chi connectivity index (χ2n) is 3.42. The SMILES string of the molecule is CCN(CC(=O)O)c1cc(F)c(I)cc1[N+](=O)[O-]. The number of rotatable bonds is 5. The fourth-order valence-corrected chi connectivity index (χ4v) is 1.91. The van der Waals surface area contributed by atoms with Crippen molar-refractivity contribution in [2.24, 2.45) is 0 Å². The Morgan fingerprint density at radius 1 is 1.61 bits per heavy atom. The van der Waals surface area contributed by atoms with Gasteiger partial charge in [-0.2, -0.15) is 0 Å². The van der Waals surface area contributed by atoms with Crippen LogP contribution in [0.5, 0.6) is 0 Å². The summed E-state index contributed by atoms with van der Waals surface area (Å²) in [6.07, 6.45) is 0. The van der Waals surface area contributed by atoms with Gasteiger partial charge in [-0.1, -0.05) is 0 Å². The van der Waals surface area contributed by atoms with Crippen LogP contribution in [-0.4, -0.2) is 29.1 Å². The lowest BCUT2D eigenvalue weighted by Gasteiger charge is -2.20. The zero-order valence-corrected chi connectivity index (χ0v) is 11.5. The minimum Gasteiger partial charge on any atom is -0.480 e. The van der Waals surface area contributed by atoms with Crippen molar-refractivity contribution >= 4 is 39.9 Å². The zero-order chi connectivity index (χ0) is 13.9. The van der Waals surface area contributed by atoms with Crippen molar-refractivity contribution in [1.29, 1.82) is 0 Å². The molecule has 1 rings (SSSR count). The van der Waals surface area contributed by atoms with Crippen LogP contribution in [0.3, 0.4) is 0 Å². The summed E-state index contributed by atoms with van der Waals surface area (Å²) < 4.78 is 13.6. The Labute approximate surface area is 116 Å². The molecule has 0 amide bonds. The van der Waals surface area contributed by atoms with Gasteiger partial charge in [0.1, 0.15) is 18.0 Å². The molecule has 0 heterocycles. The molecule has 0 radical (unpaired) electrons. The maximum atomic E-state index is 13.5. The molecule has 0 bridgehead atoms. The molecular weight excluding hydrogens is 358 g/mol. The van der Waals surface area contributed by atoms with E-state index in [1.165, 1.54) is 4.90 Å². The predicted molar refractivity (Wildman–Crippen MR) is 71.3 cm³/mol. The number of hydrogen-bond donors (Lipinski definition) is 1. The number of carboxylic acids is 1. The second-order valence-corrected chi connectivity index (χ2v) is 4.58. The number of aliphatic carboxylic acids is 1. The Kier molecular flexibility index (Phi) is 4.82. The highest BCUT2D eigenvalue weighted by atomic mass is 127. The largest absolute Gasteiger partial charge is 0.480 e. The molecule has 8 heteroatoms. The molecule has 18 heavy (non-hydrogen) atoms. The molecule has 1 aromatic rings. The molecule has 1 N–H and O–H groups in total. The quantitative estimate of drug-likeness (QED) is 0.490. The minimum absolute atomic E-state index is 0.0252. The summed E-state index contributed by atoms with van der Waals surface area (Å²) in [5, 5.41) is 19.6. The number of carbonyl (C=O) groups is 1. The molecule has 6 nitrogen and oxygen atoms in total. The highest BCUT2D eigenvalue weighted by molar-refractivity contribution is 14.1. The Morgan fingerprint density at radius 3 is 2.67 bits per heavy atom. The second kappa shape index (κ2) is 5.94. The first-order chi connectivity index (χ1) is 8.36. The molecular formula is C10H10FIN2O4. The van der Waals surface area contributed by atoms with Crippen LogP contribution in [0.15, 0.2) is 12.1 Å². The summed E-state index contributed by atoms with van der Waals surface area (Å²) >= 11 is 1.65. The van der Waals surface area contributed by atoms with E-state index < -0.39 is 23.3 Å². The lowest BCUT2D eigenvalue weighted by atomic mass is 10.2. The van der Waals surface area contributed by atoms with E-state index in [-0.39, 0.29) is 21.5 Å². The minimum atomic E-state index is -1.13. The van der Waals surface area contributed by atoms with Crippen LogP contribution in [0.25, 0.3) is 0 Å². The maximum absolute atomic E-state index is 13.5. The summed E-state index contributed by atoms with van der Waals surface area (Å²) in [6.45, 7) is 1.45. The van der Waals surface area contributed by atoms with Crippen LogP contribution in [-0.2, 0) is 4.79 Å². The van der Waals surface area contributed by atoms with Gasteiger partial charge in [-0.3, -0.25) is 14.9 Å². The van der Waals surface area contributed by atoms with Crippen molar-refractivity contribution in [2.75, 3.05) is 18.0 Å². The van der Waals surface area contributed by atoms with E-state index in [0.29, 0.717) is 0 Å². The summed E-state index contributed by atoms with van der Waals surface area (Å²) in [5.41, 5.74) is -0.327. The fraction of sp³-hybridized carbons (Fsp3) is 0.300. The van der Waals surface area contributed by atoms with Gasteiger partial charge in [0, 0.05) is 18.7 Å². The Bertz CT molecular complexity index is 495. The van der Waals surface area contributed by atoms with Gasteiger partial charge < -0.3 is 10.0 Å². The number of hydrogen-bond acceptors (Lipinski definition) is 4. The van der Waals surface area contributed by atoms with Gasteiger partial charge in [0.15, 0.2) is 0 Å². The molecule has 0 aromatic heterocycles. The Balaban J connectivity index is 3.31. The molecule has 0 aliphatic rings. The van der Waals surface area contributed by atoms with E-state index in [1.807, 2.05) is 0 Å². The van der Waals surface area contributed by atoms with Crippen molar-refractivity contribution in [3.8, 4) is 0 Å². The van der Waals surface area contributed by atoms with Crippen LogP contribution in [0.1, 0.15) is 6.92 Å². The van der Waals surface area contributed by atoms with E-state index in [2.05, 4.69) is 0 Å². The van der Waals surface area contributed by atoms with Crippen LogP contribution in [0, 0.1) is 19.5 Å². The fourth-order valence-electron chi connectivity index (χ4n) is 1.46. The van der Waals surface area contributed by atoms with E-state index in [1.54, 1.807) is 29.5 Å². The number of benzene rings is 1. The number of halogens is 2. The molecule has 0 fully saturated rings. The summed E-state index contributed by atoms with van der Waals surface area (Å²) in [5.74, 6) is -1.75. The van der Waals surface area contributed by atoms with E-state index in [4.69, 9.17) is 5.11 Å². The van der Waals surface area contributed by atoms with Crippen LogP contribution >= 0.6 is 22.6 Å². The molecule has 98 valence electrons.